The van der Waals surface area contributed by atoms with Crippen molar-refractivity contribution < 1.29 is 0 Å². The average Bonchev–Trinajstić information content (AvgIpc) is 3.39. The second-order valence-electron chi connectivity index (χ2n) is 7.03. The third-order valence-corrected chi connectivity index (χ3v) is 5.15. The van der Waals surface area contributed by atoms with Gasteiger partial charge in [-0.25, -0.2) is 0 Å². The molecule has 2 aliphatic carbocycles. The number of nitrogens with one attached hydrogen (secondary N) is 1. The lowest BCUT2D eigenvalue weighted by Gasteiger charge is -2.37. The Kier molecular flexibility index (Phi) is 3.64. The minimum Gasteiger partial charge on any atom is -0.369 e. The molecule has 3 aliphatic rings. The van der Waals surface area contributed by atoms with Gasteiger partial charge in [-0.15, -0.1) is 0 Å². The number of nitrogens with zero attached hydrogens (tertiary/aromatic N) is 2. The zero-order valence-electron chi connectivity index (χ0n) is 13.1. The number of benzene rings is 1. The van der Waals surface area contributed by atoms with E-state index >= 15 is 0 Å². The Bertz CT molecular complexity index is 497. The highest BCUT2D eigenvalue weighted by Gasteiger charge is 2.31. The molecular weight excluding hydrogens is 258 g/mol. The number of hydrogen-bond acceptors (Lipinski definition) is 3. The quantitative estimate of drug-likeness (QED) is 0.897. The summed E-state index contributed by atoms with van der Waals surface area (Å²) in [6.45, 7) is 8.17. The number of aryl methyl sites for hydroxylation is 1. The lowest BCUT2D eigenvalue weighted by atomic mass is 10.1. The molecule has 1 aromatic carbocycles. The first-order valence-electron chi connectivity index (χ1n) is 8.61. The number of hydrogen-bond donors (Lipinski definition) is 1. The van der Waals surface area contributed by atoms with Crippen molar-refractivity contribution in [1.29, 1.82) is 0 Å². The molecule has 114 valence electrons. The van der Waals surface area contributed by atoms with Crippen LogP contribution in [0.4, 0.5) is 5.69 Å². The van der Waals surface area contributed by atoms with Gasteiger partial charge in [0, 0.05) is 50.5 Å². The summed E-state index contributed by atoms with van der Waals surface area (Å²) in [6.07, 6.45) is 5.59. The van der Waals surface area contributed by atoms with Gasteiger partial charge in [-0.1, -0.05) is 12.1 Å². The van der Waals surface area contributed by atoms with Crippen LogP contribution in [0.1, 0.15) is 36.8 Å². The minimum absolute atomic E-state index is 0.792. The molecule has 0 spiro atoms. The van der Waals surface area contributed by atoms with Crippen LogP contribution in [0, 0.1) is 6.92 Å². The van der Waals surface area contributed by atoms with E-state index in [9.17, 15) is 0 Å². The third-order valence-electron chi connectivity index (χ3n) is 5.15. The molecule has 3 heteroatoms. The fourth-order valence-corrected chi connectivity index (χ4v) is 3.50. The van der Waals surface area contributed by atoms with Gasteiger partial charge in [-0.2, -0.15) is 0 Å². The Balaban J connectivity index is 1.37. The summed E-state index contributed by atoms with van der Waals surface area (Å²) in [5.74, 6) is 0. The van der Waals surface area contributed by atoms with Gasteiger partial charge in [-0.05, 0) is 49.8 Å². The summed E-state index contributed by atoms with van der Waals surface area (Å²) in [4.78, 5) is 5.26. The predicted molar refractivity (Wildman–Crippen MR) is 87.8 cm³/mol. The monoisotopic (exact) mass is 285 g/mol. The SMILES string of the molecule is Cc1cc(CNC2CC2)ccc1N1CCN(C2CC2)CC1. The second-order valence-corrected chi connectivity index (χ2v) is 7.03. The molecule has 21 heavy (non-hydrogen) atoms. The van der Waals surface area contributed by atoms with E-state index < -0.39 is 0 Å². The zero-order chi connectivity index (χ0) is 14.2. The highest BCUT2D eigenvalue weighted by atomic mass is 15.3. The van der Waals surface area contributed by atoms with E-state index in [1.54, 1.807) is 0 Å². The zero-order valence-corrected chi connectivity index (χ0v) is 13.1. The van der Waals surface area contributed by atoms with Crippen molar-refractivity contribution in [3.8, 4) is 0 Å². The summed E-state index contributed by atoms with van der Waals surface area (Å²) in [7, 11) is 0. The van der Waals surface area contributed by atoms with Crippen molar-refractivity contribution >= 4 is 5.69 Å². The average molecular weight is 285 g/mol. The maximum Gasteiger partial charge on any atom is 0.0397 e. The molecule has 0 atom stereocenters. The van der Waals surface area contributed by atoms with Crippen LogP contribution in [0.25, 0.3) is 0 Å². The van der Waals surface area contributed by atoms with Crippen LogP contribution >= 0.6 is 0 Å². The number of rotatable bonds is 5. The van der Waals surface area contributed by atoms with Gasteiger partial charge in [-0.3, -0.25) is 4.90 Å². The Morgan fingerprint density at radius 2 is 1.81 bits per heavy atom. The van der Waals surface area contributed by atoms with E-state index in [-0.39, 0.29) is 0 Å². The standard InChI is InChI=1S/C18H27N3/c1-14-12-15(13-19-16-3-4-16)2-7-18(14)21-10-8-20(9-11-21)17-5-6-17/h2,7,12,16-17,19H,3-6,8-11,13H2,1H3. The van der Waals surface area contributed by atoms with Crippen molar-refractivity contribution in [3.05, 3.63) is 29.3 Å². The first-order valence-corrected chi connectivity index (χ1v) is 8.61. The van der Waals surface area contributed by atoms with Crippen LogP contribution in [0.2, 0.25) is 0 Å². The fourth-order valence-electron chi connectivity index (χ4n) is 3.50. The first kappa shape index (κ1) is 13.6. The van der Waals surface area contributed by atoms with E-state index in [1.165, 1.54) is 68.7 Å². The fraction of sp³-hybridized carbons (Fsp3) is 0.667. The molecule has 1 saturated heterocycles. The van der Waals surface area contributed by atoms with E-state index in [0.29, 0.717) is 0 Å². The van der Waals surface area contributed by atoms with Crippen molar-refractivity contribution in [2.24, 2.45) is 0 Å². The molecule has 0 aromatic heterocycles. The molecule has 1 heterocycles. The lowest BCUT2D eigenvalue weighted by Crippen LogP contribution is -2.47. The van der Waals surface area contributed by atoms with Gasteiger partial charge < -0.3 is 10.2 Å². The van der Waals surface area contributed by atoms with Gasteiger partial charge in [0.05, 0.1) is 0 Å². The van der Waals surface area contributed by atoms with Gasteiger partial charge in [0.15, 0.2) is 0 Å². The smallest absolute Gasteiger partial charge is 0.0397 e. The summed E-state index contributed by atoms with van der Waals surface area (Å²) in [5, 5.41) is 3.60. The third kappa shape index (κ3) is 3.24. The number of anilines is 1. The van der Waals surface area contributed by atoms with Crippen LogP contribution in [0.5, 0.6) is 0 Å². The Morgan fingerprint density at radius 3 is 2.43 bits per heavy atom. The summed E-state index contributed by atoms with van der Waals surface area (Å²) < 4.78 is 0. The van der Waals surface area contributed by atoms with Crippen LogP contribution < -0.4 is 10.2 Å². The molecule has 1 N–H and O–H groups in total. The molecule has 0 unspecified atom stereocenters. The van der Waals surface area contributed by atoms with Crippen molar-refractivity contribution in [3.63, 3.8) is 0 Å². The summed E-state index contributed by atoms with van der Waals surface area (Å²) in [5.41, 5.74) is 4.31. The molecule has 1 aliphatic heterocycles. The Hall–Kier alpha value is -1.06. The van der Waals surface area contributed by atoms with Crippen molar-refractivity contribution in [2.45, 2.75) is 51.2 Å². The molecule has 3 fully saturated rings. The van der Waals surface area contributed by atoms with Gasteiger partial charge in [0.1, 0.15) is 0 Å². The Morgan fingerprint density at radius 1 is 1.05 bits per heavy atom. The normalized spacial score (nSPS) is 23.6. The van der Waals surface area contributed by atoms with Crippen molar-refractivity contribution in [1.82, 2.24) is 10.2 Å². The maximum atomic E-state index is 3.60. The van der Waals surface area contributed by atoms with E-state index in [2.05, 4.69) is 40.2 Å². The number of piperazine rings is 1. The van der Waals surface area contributed by atoms with Crippen LogP contribution in [0.15, 0.2) is 18.2 Å². The molecule has 2 saturated carbocycles. The van der Waals surface area contributed by atoms with Gasteiger partial charge in [0.25, 0.3) is 0 Å². The molecule has 0 radical (unpaired) electrons. The van der Waals surface area contributed by atoms with E-state index in [1.807, 2.05) is 0 Å². The summed E-state index contributed by atoms with van der Waals surface area (Å²) >= 11 is 0. The largest absolute Gasteiger partial charge is 0.369 e. The van der Waals surface area contributed by atoms with Gasteiger partial charge >= 0.3 is 0 Å². The van der Waals surface area contributed by atoms with Crippen LogP contribution in [-0.4, -0.2) is 43.2 Å². The molecule has 0 bridgehead atoms. The van der Waals surface area contributed by atoms with E-state index in [4.69, 9.17) is 0 Å². The summed E-state index contributed by atoms with van der Waals surface area (Å²) in [6, 6.07) is 8.74. The lowest BCUT2D eigenvalue weighted by molar-refractivity contribution is 0.248. The predicted octanol–water partition coefficient (Wildman–Crippen LogP) is 2.53. The highest BCUT2D eigenvalue weighted by Crippen LogP contribution is 2.29. The first-order chi connectivity index (χ1) is 10.3. The van der Waals surface area contributed by atoms with Gasteiger partial charge in [0.2, 0.25) is 0 Å². The van der Waals surface area contributed by atoms with Crippen molar-refractivity contribution in [2.75, 3.05) is 31.1 Å². The molecule has 4 rings (SSSR count). The molecule has 0 amide bonds. The molecule has 1 aromatic rings. The van der Waals surface area contributed by atoms with Crippen LogP contribution in [0.3, 0.4) is 0 Å². The second kappa shape index (κ2) is 5.62. The van der Waals surface area contributed by atoms with Crippen LogP contribution in [-0.2, 0) is 6.54 Å². The molecular formula is C18H27N3. The van der Waals surface area contributed by atoms with E-state index in [0.717, 1.165) is 18.6 Å². The maximum absolute atomic E-state index is 3.60. The topological polar surface area (TPSA) is 18.5 Å². The molecule has 3 nitrogen and oxygen atoms in total. The highest BCUT2D eigenvalue weighted by molar-refractivity contribution is 5.55. The minimum atomic E-state index is 0.792. The Labute approximate surface area is 128 Å².